The van der Waals surface area contributed by atoms with Crippen molar-refractivity contribution in [3.05, 3.63) is 56.9 Å². The van der Waals surface area contributed by atoms with Crippen molar-refractivity contribution in [1.82, 2.24) is 9.78 Å². The van der Waals surface area contributed by atoms with E-state index >= 15 is 0 Å². The number of rotatable bonds is 4. The normalized spacial score (nSPS) is 11.5. The first-order valence-electron chi connectivity index (χ1n) is 6.21. The molecule has 1 heterocycles. The Bertz CT molecular complexity index is 783. The highest BCUT2D eigenvalue weighted by Crippen LogP contribution is 2.31. The molecule has 2 aromatic rings. The fraction of sp³-hybridized carbons (Fsp3) is 0.231. The van der Waals surface area contributed by atoms with E-state index in [0.717, 1.165) is 10.9 Å². The van der Waals surface area contributed by atoms with Gasteiger partial charge in [-0.15, -0.1) is 0 Å². The van der Waals surface area contributed by atoms with Gasteiger partial charge in [-0.1, -0.05) is 6.07 Å². The van der Waals surface area contributed by atoms with Crippen molar-refractivity contribution in [3.8, 4) is 0 Å². The van der Waals surface area contributed by atoms with Crippen LogP contribution in [-0.2, 0) is 12.7 Å². The number of nitrogens with zero attached hydrogens (tertiary/aromatic N) is 3. The number of benzene rings is 1. The predicted octanol–water partition coefficient (Wildman–Crippen LogP) is 2.87. The van der Waals surface area contributed by atoms with Crippen molar-refractivity contribution in [3.63, 3.8) is 0 Å². The SMILES string of the molecule is Cc1cc(Cn2cc(C(=O)O)c(C(F)(F)F)n2)ccc1[N+](=O)[O-]. The number of nitro benzene ring substituents is 1. The molecule has 0 radical (unpaired) electrons. The van der Waals surface area contributed by atoms with Gasteiger partial charge in [0.25, 0.3) is 5.69 Å². The molecule has 0 aliphatic rings. The lowest BCUT2D eigenvalue weighted by atomic mass is 10.1. The maximum absolute atomic E-state index is 12.8. The van der Waals surface area contributed by atoms with Crippen LogP contribution in [0, 0.1) is 17.0 Å². The minimum absolute atomic E-state index is 0.114. The summed E-state index contributed by atoms with van der Waals surface area (Å²) in [6, 6.07) is 4.05. The Morgan fingerprint density at radius 2 is 2.09 bits per heavy atom. The van der Waals surface area contributed by atoms with Gasteiger partial charge in [0, 0.05) is 17.8 Å². The highest BCUT2D eigenvalue weighted by molar-refractivity contribution is 5.88. The molecule has 2 rings (SSSR count). The van der Waals surface area contributed by atoms with E-state index in [1.54, 1.807) is 0 Å². The van der Waals surface area contributed by atoms with Crippen LogP contribution in [-0.4, -0.2) is 25.8 Å². The molecular weight excluding hydrogens is 319 g/mol. The van der Waals surface area contributed by atoms with Crippen molar-refractivity contribution in [2.75, 3.05) is 0 Å². The van der Waals surface area contributed by atoms with E-state index in [2.05, 4.69) is 5.10 Å². The second-order valence-corrected chi connectivity index (χ2v) is 4.77. The fourth-order valence-corrected chi connectivity index (χ4v) is 2.08. The number of halogens is 3. The van der Waals surface area contributed by atoms with E-state index in [1.165, 1.54) is 25.1 Å². The van der Waals surface area contributed by atoms with Gasteiger partial charge in [-0.05, 0) is 18.6 Å². The highest BCUT2D eigenvalue weighted by atomic mass is 19.4. The summed E-state index contributed by atoms with van der Waals surface area (Å²) in [4.78, 5) is 21.0. The lowest BCUT2D eigenvalue weighted by Gasteiger charge is -2.05. The monoisotopic (exact) mass is 329 g/mol. The van der Waals surface area contributed by atoms with Gasteiger partial charge < -0.3 is 5.11 Å². The molecular formula is C13H10F3N3O4. The summed E-state index contributed by atoms with van der Waals surface area (Å²) in [7, 11) is 0. The molecule has 0 atom stereocenters. The van der Waals surface area contributed by atoms with Crippen molar-refractivity contribution in [2.24, 2.45) is 0 Å². The van der Waals surface area contributed by atoms with Gasteiger partial charge in [0.15, 0.2) is 5.69 Å². The summed E-state index contributed by atoms with van der Waals surface area (Å²) in [5, 5.41) is 22.8. The average molecular weight is 329 g/mol. The number of carbonyl (C=O) groups is 1. The lowest BCUT2D eigenvalue weighted by Crippen LogP contribution is -2.12. The molecule has 7 nitrogen and oxygen atoms in total. The first-order valence-corrected chi connectivity index (χ1v) is 6.21. The van der Waals surface area contributed by atoms with Crippen LogP contribution in [0.3, 0.4) is 0 Å². The third kappa shape index (κ3) is 3.47. The molecule has 0 aliphatic carbocycles. The fourth-order valence-electron chi connectivity index (χ4n) is 2.08. The van der Waals surface area contributed by atoms with Crippen molar-refractivity contribution < 1.29 is 28.0 Å². The van der Waals surface area contributed by atoms with Gasteiger partial charge in [0.1, 0.15) is 5.56 Å². The molecule has 10 heteroatoms. The second kappa shape index (κ2) is 5.71. The molecule has 0 bridgehead atoms. The number of nitro groups is 1. The molecule has 1 aromatic heterocycles. The molecule has 0 spiro atoms. The summed E-state index contributed by atoms with van der Waals surface area (Å²) in [6.45, 7) is 1.35. The molecule has 0 saturated carbocycles. The number of aromatic carboxylic acids is 1. The predicted molar refractivity (Wildman–Crippen MR) is 71.1 cm³/mol. The maximum Gasteiger partial charge on any atom is 0.436 e. The molecule has 122 valence electrons. The summed E-state index contributed by atoms with van der Waals surface area (Å²) in [6.07, 6.45) is -4.10. The molecule has 0 unspecified atom stereocenters. The van der Waals surface area contributed by atoms with E-state index in [9.17, 15) is 28.1 Å². The average Bonchev–Trinajstić information content (AvgIpc) is 2.82. The van der Waals surface area contributed by atoms with Gasteiger partial charge in [-0.2, -0.15) is 18.3 Å². The zero-order chi connectivity index (χ0) is 17.4. The quantitative estimate of drug-likeness (QED) is 0.687. The van der Waals surface area contributed by atoms with Gasteiger partial charge >= 0.3 is 12.1 Å². The second-order valence-electron chi connectivity index (χ2n) is 4.77. The molecule has 1 aromatic carbocycles. The van der Waals surface area contributed by atoms with Crippen LogP contribution in [0.25, 0.3) is 0 Å². The Hall–Kier alpha value is -2.91. The Morgan fingerprint density at radius 3 is 2.52 bits per heavy atom. The van der Waals surface area contributed by atoms with Crippen molar-refractivity contribution in [2.45, 2.75) is 19.6 Å². The number of hydrogen-bond donors (Lipinski definition) is 1. The van der Waals surface area contributed by atoms with Gasteiger partial charge in [0.05, 0.1) is 11.5 Å². The Labute approximate surface area is 127 Å². The Kier molecular flexibility index (Phi) is 4.08. The van der Waals surface area contributed by atoms with Crippen LogP contribution in [0.1, 0.15) is 27.2 Å². The number of alkyl halides is 3. The standard InChI is InChI=1S/C13H10F3N3O4/c1-7-4-8(2-3-10(7)19(22)23)5-18-6-9(12(20)21)11(17-18)13(14,15)16/h2-4,6H,5H2,1H3,(H,20,21). The van der Waals surface area contributed by atoms with Crippen LogP contribution >= 0.6 is 0 Å². The Morgan fingerprint density at radius 1 is 1.43 bits per heavy atom. The van der Waals surface area contributed by atoms with Crippen LogP contribution in [0.5, 0.6) is 0 Å². The summed E-state index contributed by atoms with van der Waals surface area (Å²) in [5.74, 6) is -1.73. The van der Waals surface area contributed by atoms with E-state index in [0.29, 0.717) is 11.1 Å². The van der Waals surface area contributed by atoms with Crippen LogP contribution in [0.15, 0.2) is 24.4 Å². The molecule has 0 saturated heterocycles. The van der Waals surface area contributed by atoms with E-state index in [4.69, 9.17) is 5.11 Å². The minimum Gasteiger partial charge on any atom is -0.478 e. The third-order valence-corrected chi connectivity index (χ3v) is 3.06. The summed E-state index contributed by atoms with van der Waals surface area (Å²) < 4.78 is 39.1. The molecule has 1 N–H and O–H groups in total. The van der Waals surface area contributed by atoms with Crippen LogP contribution in [0.2, 0.25) is 0 Å². The molecule has 0 fully saturated rings. The zero-order valence-electron chi connectivity index (χ0n) is 11.7. The van der Waals surface area contributed by atoms with E-state index in [-0.39, 0.29) is 12.2 Å². The molecule has 0 amide bonds. The van der Waals surface area contributed by atoms with Crippen LogP contribution in [0.4, 0.5) is 18.9 Å². The summed E-state index contributed by atoms with van der Waals surface area (Å²) >= 11 is 0. The number of aryl methyl sites for hydroxylation is 1. The highest BCUT2D eigenvalue weighted by Gasteiger charge is 2.39. The van der Waals surface area contributed by atoms with Gasteiger partial charge in [0.2, 0.25) is 0 Å². The van der Waals surface area contributed by atoms with E-state index in [1.807, 2.05) is 0 Å². The lowest BCUT2D eigenvalue weighted by molar-refractivity contribution is -0.385. The minimum atomic E-state index is -4.88. The topological polar surface area (TPSA) is 98.3 Å². The van der Waals surface area contributed by atoms with Gasteiger partial charge in [-0.25, -0.2) is 4.79 Å². The molecule has 0 aliphatic heterocycles. The summed E-state index contributed by atoms with van der Waals surface area (Å²) in [5.41, 5.74) is -1.74. The first kappa shape index (κ1) is 16.5. The smallest absolute Gasteiger partial charge is 0.436 e. The van der Waals surface area contributed by atoms with Crippen molar-refractivity contribution in [1.29, 1.82) is 0 Å². The first-order chi connectivity index (χ1) is 10.6. The zero-order valence-corrected chi connectivity index (χ0v) is 11.7. The van der Waals surface area contributed by atoms with Gasteiger partial charge in [-0.3, -0.25) is 14.8 Å². The maximum atomic E-state index is 12.8. The Balaban J connectivity index is 2.36. The molecule has 23 heavy (non-hydrogen) atoms. The largest absolute Gasteiger partial charge is 0.478 e. The number of carboxylic acid groups (broad SMARTS) is 1. The number of hydrogen-bond acceptors (Lipinski definition) is 4. The number of carboxylic acids is 1. The van der Waals surface area contributed by atoms with Crippen LogP contribution < -0.4 is 0 Å². The third-order valence-electron chi connectivity index (χ3n) is 3.06. The van der Waals surface area contributed by atoms with Crippen molar-refractivity contribution >= 4 is 11.7 Å². The van der Waals surface area contributed by atoms with E-state index < -0.39 is 28.3 Å². The number of aromatic nitrogens is 2.